The Kier molecular flexibility index (Phi) is 6.14. The van der Waals surface area contributed by atoms with Crippen molar-refractivity contribution in [1.29, 1.82) is 0 Å². The summed E-state index contributed by atoms with van der Waals surface area (Å²) in [5, 5.41) is 0. The van der Waals surface area contributed by atoms with Crippen molar-refractivity contribution in [3.05, 3.63) is 59.2 Å². The van der Waals surface area contributed by atoms with Gasteiger partial charge in [-0.1, -0.05) is 12.1 Å². The Morgan fingerprint density at radius 3 is 2.32 bits per heavy atom. The van der Waals surface area contributed by atoms with Gasteiger partial charge in [-0.05, 0) is 55.2 Å². The van der Waals surface area contributed by atoms with Gasteiger partial charge in [-0.3, -0.25) is 4.79 Å². The fourth-order valence-electron chi connectivity index (χ4n) is 3.08. The van der Waals surface area contributed by atoms with Gasteiger partial charge in [-0.25, -0.2) is 8.78 Å². The third-order valence-corrected chi connectivity index (χ3v) is 4.52. The molecule has 0 atom stereocenters. The zero-order chi connectivity index (χ0) is 17.3. The molecule has 3 nitrogen and oxygen atoms in total. The number of nitrogens with two attached hydrogens (primary N) is 1. The van der Waals surface area contributed by atoms with Gasteiger partial charge < -0.3 is 10.6 Å². The molecule has 2 aromatic carbocycles. The van der Waals surface area contributed by atoms with Crippen LogP contribution >= 0.6 is 12.4 Å². The summed E-state index contributed by atoms with van der Waals surface area (Å²) in [4.78, 5) is 14.2. The summed E-state index contributed by atoms with van der Waals surface area (Å²) in [6.45, 7) is 2.93. The molecule has 1 amide bonds. The predicted octanol–water partition coefficient (Wildman–Crippen LogP) is 3.93. The van der Waals surface area contributed by atoms with Crippen molar-refractivity contribution in [3.8, 4) is 11.1 Å². The third-order valence-electron chi connectivity index (χ3n) is 4.52. The van der Waals surface area contributed by atoms with Crippen LogP contribution < -0.4 is 5.73 Å². The first kappa shape index (κ1) is 19.3. The normalized spacial score (nSPS) is 15.0. The topological polar surface area (TPSA) is 46.3 Å². The summed E-state index contributed by atoms with van der Waals surface area (Å²) in [6.07, 6.45) is 1.53. The molecular formula is C19H21ClF2N2O. The van der Waals surface area contributed by atoms with E-state index in [-0.39, 0.29) is 30.2 Å². The molecule has 1 fully saturated rings. The molecule has 1 aliphatic heterocycles. The molecule has 0 spiro atoms. The summed E-state index contributed by atoms with van der Waals surface area (Å²) >= 11 is 0. The standard InChI is InChI=1S/C19H20F2N2O.ClH/c1-12-10-14(20)3-5-16(12)17-4-2-13(11-18(17)21)19(24)23-8-6-15(22)7-9-23;/h2-5,10-11,15H,6-9,22H2,1H3;1H. The van der Waals surface area contributed by atoms with Crippen LogP contribution in [0.2, 0.25) is 0 Å². The molecule has 1 aliphatic rings. The number of piperidine rings is 1. The van der Waals surface area contributed by atoms with Crippen molar-refractivity contribution in [3.63, 3.8) is 0 Å². The number of hydrogen-bond acceptors (Lipinski definition) is 2. The number of rotatable bonds is 2. The SMILES string of the molecule is Cc1cc(F)ccc1-c1ccc(C(=O)N2CCC(N)CC2)cc1F.Cl. The lowest BCUT2D eigenvalue weighted by atomic mass is 9.98. The van der Waals surface area contributed by atoms with E-state index in [0.29, 0.717) is 35.3 Å². The lowest BCUT2D eigenvalue weighted by Gasteiger charge is -2.30. The van der Waals surface area contributed by atoms with Crippen LogP contribution in [0.3, 0.4) is 0 Å². The second kappa shape index (κ2) is 7.93. The van der Waals surface area contributed by atoms with Crippen molar-refractivity contribution in [2.45, 2.75) is 25.8 Å². The average Bonchev–Trinajstić information content (AvgIpc) is 2.55. The molecule has 6 heteroatoms. The van der Waals surface area contributed by atoms with Crippen LogP contribution in [0.1, 0.15) is 28.8 Å². The van der Waals surface area contributed by atoms with Crippen molar-refractivity contribution in [2.24, 2.45) is 5.73 Å². The molecule has 25 heavy (non-hydrogen) atoms. The van der Waals surface area contributed by atoms with E-state index in [1.54, 1.807) is 30.0 Å². The molecule has 0 unspecified atom stereocenters. The van der Waals surface area contributed by atoms with E-state index in [0.717, 1.165) is 12.8 Å². The number of likely N-dealkylation sites (tertiary alicyclic amines) is 1. The van der Waals surface area contributed by atoms with Crippen molar-refractivity contribution in [2.75, 3.05) is 13.1 Å². The highest BCUT2D eigenvalue weighted by molar-refractivity contribution is 5.95. The van der Waals surface area contributed by atoms with Gasteiger partial charge in [0, 0.05) is 30.3 Å². The number of amides is 1. The highest BCUT2D eigenvalue weighted by Gasteiger charge is 2.22. The van der Waals surface area contributed by atoms with Gasteiger partial charge in [-0.2, -0.15) is 0 Å². The number of nitrogens with zero attached hydrogens (tertiary/aromatic N) is 1. The van der Waals surface area contributed by atoms with Gasteiger partial charge in [0.2, 0.25) is 0 Å². The van der Waals surface area contributed by atoms with Crippen LogP contribution in [0.25, 0.3) is 11.1 Å². The molecule has 1 saturated heterocycles. The van der Waals surface area contributed by atoms with Gasteiger partial charge >= 0.3 is 0 Å². The maximum atomic E-state index is 14.5. The first-order chi connectivity index (χ1) is 11.5. The molecule has 2 N–H and O–H groups in total. The smallest absolute Gasteiger partial charge is 0.253 e. The van der Waals surface area contributed by atoms with Crippen molar-refractivity contribution < 1.29 is 13.6 Å². The van der Waals surface area contributed by atoms with E-state index in [4.69, 9.17) is 5.73 Å². The summed E-state index contributed by atoms with van der Waals surface area (Å²) in [6, 6.07) is 8.82. The first-order valence-corrected chi connectivity index (χ1v) is 8.06. The summed E-state index contributed by atoms with van der Waals surface area (Å²) in [5.74, 6) is -1.01. The molecular weight excluding hydrogens is 346 g/mol. The predicted molar refractivity (Wildman–Crippen MR) is 96.9 cm³/mol. The van der Waals surface area contributed by atoms with E-state index < -0.39 is 5.82 Å². The fraction of sp³-hybridized carbons (Fsp3) is 0.316. The minimum Gasteiger partial charge on any atom is -0.339 e. The van der Waals surface area contributed by atoms with E-state index in [1.165, 1.54) is 18.2 Å². The summed E-state index contributed by atoms with van der Waals surface area (Å²) < 4.78 is 27.7. The monoisotopic (exact) mass is 366 g/mol. The van der Waals surface area contributed by atoms with E-state index in [2.05, 4.69) is 0 Å². The number of carbonyl (C=O) groups excluding carboxylic acids is 1. The van der Waals surface area contributed by atoms with Crippen LogP contribution in [0.15, 0.2) is 36.4 Å². The molecule has 3 rings (SSSR count). The van der Waals surface area contributed by atoms with E-state index >= 15 is 0 Å². The Morgan fingerprint density at radius 2 is 1.72 bits per heavy atom. The first-order valence-electron chi connectivity index (χ1n) is 8.06. The molecule has 0 saturated carbocycles. The second-order valence-corrected chi connectivity index (χ2v) is 6.28. The Hall–Kier alpha value is -1.98. The zero-order valence-electron chi connectivity index (χ0n) is 14.0. The van der Waals surface area contributed by atoms with Gasteiger partial charge in [0.15, 0.2) is 0 Å². The molecule has 0 aromatic heterocycles. The molecule has 134 valence electrons. The Morgan fingerprint density at radius 1 is 1.08 bits per heavy atom. The minimum absolute atomic E-state index is 0. The maximum Gasteiger partial charge on any atom is 0.253 e. The maximum absolute atomic E-state index is 14.5. The van der Waals surface area contributed by atoms with Crippen LogP contribution in [0.5, 0.6) is 0 Å². The molecule has 2 aromatic rings. The Balaban J connectivity index is 0.00000225. The van der Waals surface area contributed by atoms with Crippen molar-refractivity contribution >= 4 is 18.3 Å². The average molecular weight is 367 g/mol. The van der Waals surface area contributed by atoms with Gasteiger partial charge in [0.05, 0.1) is 0 Å². The third kappa shape index (κ3) is 4.17. The zero-order valence-corrected chi connectivity index (χ0v) is 14.8. The van der Waals surface area contributed by atoms with Gasteiger partial charge in [0.1, 0.15) is 11.6 Å². The number of carbonyl (C=O) groups is 1. The molecule has 0 radical (unpaired) electrons. The number of hydrogen-bond donors (Lipinski definition) is 1. The Labute approximate surface area is 152 Å². The lowest BCUT2D eigenvalue weighted by molar-refractivity contribution is 0.0714. The number of aryl methyl sites for hydroxylation is 1. The fourth-order valence-corrected chi connectivity index (χ4v) is 3.08. The van der Waals surface area contributed by atoms with Gasteiger partial charge in [-0.15, -0.1) is 12.4 Å². The molecule has 1 heterocycles. The number of benzene rings is 2. The second-order valence-electron chi connectivity index (χ2n) is 6.28. The largest absolute Gasteiger partial charge is 0.339 e. The van der Waals surface area contributed by atoms with Crippen LogP contribution in [0.4, 0.5) is 8.78 Å². The summed E-state index contributed by atoms with van der Waals surface area (Å²) in [7, 11) is 0. The minimum atomic E-state index is -0.482. The molecule has 0 aliphatic carbocycles. The van der Waals surface area contributed by atoms with Crippen LogP contribution in [-0.4, -0.2) is 29.9 Å². The van der Waals surface area contributed by atoms with Gasteiger partial charge in [0.25, 0.3) is 5.91 Å². The van der Waals surface area contributed by atoms with Crippen LogP contribution in [0, 0.1) is 18.6 Å². The number of halogens is 3. The summed E-state index contributed by atoms with van der Waals surface area (Å²) in [5.41, 5.74) is 7.81. The molecule has 0 bridgehead atoms. The quantitative estimate of drug-likeness (QED) is 0.875. The lowest BCUT2D eigenvalue weighted by Crippen LogP contribution is -2.42. The van der Waals surface area contributed by atoms with Crippen LogP contribution in [-0.2, 0) is 0 Å². The van der Waals surface area contributed by atoms with E-state index in [1.807, 2.05) is 0 Å². The van der Waals surface area contributed by atoms with Crippen molar-refractivity contribution in [1.82, 2.24) is 4.90 Å². The highest BCUT2D eigenvalue weighted by Crippen LogP contribution is 2.28. The van der Waals surface area contributed by atoms with E-state index in [9.17, 15) is 13.6 Å². The highest BCUT2D eigenvalue weighted by atomic mass is 35.5. The Bertz CT molecular complexity index is 774.